The van der Waals surface area contributed by atoms with Crippen LogP contribution >= 0.6 is 0 Å². The smallest absolute Gasteiger partial charge is 0.320 e. The van der Waals surface area contributed by atoms with Gasteiger partial charge in [-0.2, -0.15) is 13.1 Å². The third kappa shape index (κ3) is 4.24. The van der Waals surface area contributed by atoms with Crippen molar-refractivity contribution < 1.29 is 26.7 Å². The molecule has 0 spiro atoms. The van der Waals surface area contributed by atoms with E-state index >= 15 is 0 Å². The first kappa shape index (κ1) is 22.0. The van der Waals surface area contributed by atoms with Crippen molar-refractivity contribution in [3.8, 4) is 11.5 Å². The molecule has 0 amide bonds. The van der Waals surface area contributed by atoms with Gasteiger partial charge in [0.25, 0.3) is 0 Å². The molecular weight excluding hydrogens is 416 g/mol. The highest BCUT2D eigenvalue weighted by atomic mass is 32.2. The minimum absolute atomic E-state index is 0.0309. The topological polar surface area (TPSA) is 73.7 Å². The van der Waals surface area contributed by atoms with Gasteiger partial charge in [0.05, 0.1) is 35.7 Å². The van der Waals surface area contributed by atoms with Crippen molar-refractivity contribution in [1.29, 1.82) is 0 Å². The summed E-state index contributed by atoms with van der Waals surface area (Å²) in [5.74, 6) is 0.683. The molecule has 0 aliphatic carbocycles. The highest BCUT2D eigenvalue weighted by Gasteiger charge is 2.26. The zero-order valence-corrected chi connectivity index (χ0v) is 17.7. The third-order valence-electron chi connectivity index (χ3n) is 4.45. The van der Waals surface area contributed by atoms with Crippen LogP contribution in [-0.2, 0) is 16.6 Å². The summed E-state index contributed by atoms with van der Waals surface area (Å²) in [5.41, 5.74) is 0.617. The Labute approximate surface area is 173 Å². The lowest BCUT2D eigenvalue weighted by molar-refractivity contribution is 0.0703. The van der Waals surface area contributed by atoms with Gasteiger partial charge in [-0.1, -0.05) is 12.1 Å². The maximum atomic E-state index is 13.6. The summed E-state index contributed by atoms with van der Waals surface area (Å²) in [4.78, 5) is 4.17. The number of benzene rings is 2. The van der Waals surface area contributed by atoms with E-state index in [1.807, 2.05) is 6.92 Å². The molecule has 0 fully saturated rings. The van der Waals surface area contributed by atoms with Crippen molar-refractivity contribution in [1.82, 2.24) is 13.9 Å². The van der Waals surface area contributed by atoms with Crippen LogP contribution in [0.15, 0.2) is 47.4 Å². The van der Waals surface area contributed by atoms with Gasteiger partial charge in [-0.25, -0.2) is 13.4 Å². The van der Waals surface area contributed by atoms with E-state index in [1.165, 1.54) is 31.3 Å². The van der Waals surface area contributed by atoms with Gasteiger partial charge in [0.1, 0.15) is 5.82 Å². The van der Waals surface area contributed by atoms with Crippen LogP contribution in [0.5, 0.6) is 11.5 Å². The maximum absolute atomic E-state index is 13.6. The first-order chi connectivity index (χ1) is 14.3. The Morgan fingerprint density at radius 2 is 1.73 bits per heavy atom. The Balaban J connectivity index is 1.95. The molecule has 162 valence electrons. The molecule has 0 atom stereocenters. The molecule has 0 aliphatic heterocycles. The SMILES string of the molecule is CCOc1ccc(S(=O)(=O)N(C)Cc2nc3ccccc3n2C(F)F)cc1OCC. The average molecular weight is 439 g/mol. The van der Waals surface area contributed by atoms with Crippen LogP contribution in [0.4, 0.5) is 8.78 Å². The Hall–Kier alpha value is -2.72. The lowest BCUT2D eigenvalue weighted by Gasteiger charge is -2.19. The molecule has 0 aliphatic rings. The summed E-state index contributed by atoms with van der Waals surface area (Å²) < 4.78 is 66.1. The van der Waals surface area contributed by atoms with E-state index in [4.69, 9.17) is 9.47 Å². The number of sulfonamides is 1. The fraction of sp³-hybridized carbons (Fsp3) is 0.350. The molecule has 0 N–H and O–H groups in total. The third-order valence-corrected chi connectivity index (χ3v) is 6.25. The van der Waals surface area contributed by atoms with Gasteiger partial charge in [-0.3, -0.25) is 4.57 Å². The Morgan fingerprint density at radius 3 is 2.40 bits per heavy atom. The fourth-order valence-electron chi connectivity index (χ4n) is 3.08. The highest BCUT2D eigenvalue weighted by Crippen LogP contribution is 2.32. The fourth-order valence-corrected chi connectivity index (χ4v) is 4.22. The number of hydrogen-bond donors (Lipinski definition) is 0. The number of alkyl halides is 2. The van der Waals surface area contributed by atoms with Crippen molar-refractivity contribution in [2.24, 2.45) is 0 Å². The standard InChI is InChI=1S/C20H23F2N3O4S/c1-4-28-17-11-10-14(12-18(17)29-5-2)30(26,27)24(3)13-19-23-15-8-6-7-9-16(15)25(19)20(21)22/h6-12,20H,4-5,13H2,1-3H3. The molecule has 2 aromatic carbocycles. The van der Waals surface area contributed by atoms with Crippen molar-refractivity contribution in [2.45, 2.75) is 31.8 Å². The number of fused-ring (bicyclic) bond motifs is 1. The van der Waals surface area contributed by atoms with Gasteiger partial charge < -0.3 is 9.47 Å². The first-order valence-electron chi connectivity index (χ1n) is 9.39. The van der Waals surface area contributed by atoms with Crippen LogP contribution in [-0.4, -0.2) is 42.5 Å². The zero-order chi connectivity index (χ0) is 21.9. The minimum atomic E-state index is -3.99. The summed E-state index contributed by atoms with van der Waals surface area (Å²) >= 11 is 0. The van der Waals surface area contributed by atoms with Crippen LogP contribution in [0.25, 0.3) is 11.0 Å². The molecule has 0 radical (unpaired) electrons. The van der Waals surface area contributed by atoms with Gasteiger partial charge in [0.2, 0.25) is 10.0 Å². The van der Waals surface area contributed by atoms with E-state index in [1.54, 1.807) is 25.1 Å². The zero-order valence-electron chi connectivity index (χ0n) is 16.9. The molecule has 0 saturated carbocycles. The average Bonchev–Trinajstić information content (AvgIpc) is 3.07. The van der Waals surface area contributed by atoms with Gasteiger partial charge in [-0.15, -0.1) is 0 Å². The molecule has 3 rings (SSSR count). The Morgan fingerprint density at radius 1 is 1.07 bits per heavy atom. The van der Waals surface area contributed by atoms with Crippen LogP contribution in [0, 0.1) is 0 Å². The molecule has 0 saturated heterocycles. The molecule has 0 bridgehead atoms. The number of nitrogens with zero attached hydrogens (tertiary/aromatic N) is 3. The highest BCUT2D eigenvalue weighted by molar-refractivity contribution is 7.89. The summed E-state index contributed by atoms with van der Waals surface area (Å²) in [6.07, 6.45) is 0. The Bertz CT molecular complexity index is 1130. The molecule has 10 heteroatoms. The predicted octanol–water partition coefficient (Wildman–Crippen LogP) is 4.05. The number of ether oxygens (including phenoxy) is 2. The number of aromatic nitrogens is 2. The normalized spacial score (nSPS) is 12.1. The monoisotopic (exact) mass is 439 g/mol. The number of rotatable bonds is 9. The minimum Gasteiger partial charge on any atom is -0.490 e. The number of imidazole rings is 1. The van der Waals surface area contributed by atoms with Crippen LogP contribution in [0.2, 0.25) is 0 Å². The van der Waals surface area contributed by atoms with E-state index in [2.05, 4.69) is 4.98 Å². The number of para-hydroxylation sites is 2. The number of halogens is 2. The van der Waals surface area contributed by atoms with Crippen LogP contribution in [0.1, 0.15) is 26.2 Å². The first-order valence-corrected chi connectivity index (χ1v) is 10.8. The molecule has 30 heavy (non-hydrogen) atoms. The van der Waals surface area contributed by atoms with Gasteiger partial charge >= 0.3 is 6.55 Å². The van der Waals surface area contributed by atoms with Gasteiger partial charge in [0, 0.05) is 13.1 Å². The second-order valence-corrected chi connectivity index (χ2v) is 8.44. The summed E-state index contributed by atoms with van der Waals surface area (Å²) in [5, 5.41) is 0. The van der Waals surface area contributed by atoms with Crippen molar-refractivity contribution in [2.75, 3.05) is 20.3 Å². The molecule has 1 aromatic heterocycles. The van der Waals surface area contributed by atoms with Gasteiger partial charge in [-0.05, 0) is 38.1 Å². The lowest BCUT2D eigenvalue weighted by atomic mass is 10.3. The van der Waals surface area contributed by atoms with E-state index in [9.17, 15) is 17.2 Å². The van der Waals surface area contributed by atoms with Crippen molar-refractivity contribution in [3.05, 3.63) is 48.3 Å². The largest absolute Gasteiger partial charge is 0.490 e. The van der Waals surface area contributed by atoms with Crippen LogP contribution < -0.4 is 9.47 Å². The predicted molar refractivity (Wildman–Crippen MR) is 108 cm³/mol. The molecule has 3 aromatic rings. The molecule has 7 nitrogen and oxygen atoms in total. The summed E-state index contributed by atoms with van der Waals surface area (Å²) in [6, 6.07) is 10.7. The lowest BCUT2D eigenvalue weighted by Crippen LogP contribution is -2.28. The van der Waals surface area contributed by atoms with Gasteiger partial charge in [0.15, 0.2) is 11.5 Å². The van der Waals surface area contributed by atoms with Crippen molar-refractivity contribution in [3.63, 3.8) is 0 Å². The van der Waals surface area contributed by atoms with Crippen LogP contribution in [0.3, 0.4) is 0 Å². The van der Waals surface area contributed by atoms with E-state index < -0.39 is 16.6 Å². The molecule has 1 heterocycles. The number of hydrogen-bond acceptors (Lipinski definition) is 5. The van der Waals surface area contributed by atoms with Crippen molar-refractivity contribution >= 4 is 21.1 Å². The van der Waals surface area contributed by atoms with E-state index in [0.717, 1.165) is 8.87 Å². The quantitative estimate of drug-likeness (QED) is 0.503. The maximum Gasteiger partial charge on any atom is 0.320 e. The molecular formula is C20H23F2N3O4S. The summed E-state index contributed by atoms with van der Waals surface area (Å²) in [7, 11) is -2.67. The second kappa shape index (κ2) is 8.97. The Kier molecular flexibility index (Phi) is 6.57. The van der Waals surface area contributed by atoms with E-state index in [0.29, 0.717) is 30.2 Å². The summed E-state index contributed by atoms with van der Waals surface area (Å²) in [6.45, 7) is 1.14. The van der Waals surface area contributed by atoms with E-state index in [-0.39, 0.29) is 22.8 Å². The molecule has 0 unspecified atom stereocenters. The second-order valence-electron chi connectivity index (χ2n) is 6.40.